The largest absolute Gasteiger partial charge is 0.378 e. The van der Waals surface area contributed by atoms with Crippen molar-refractivity contribution in [1.82, 2.24) is 24.6 Å². The van der Waals surface area contributed by atoms with Crippen molar-refractivity contribution in [3.05, 3.63) is 53.9 Å². The quantitative estimate of drug-likeness (QED) is 0.548. The van der Waals surface area contributed by atoms with Crippen LogP contribution < -0.4 is 5.32 Å². The summed E-state index contributed by atoms with van der Waals surface area (Å²) < 4.78 is 7.29. The lowest BCUT2D eigenvalue weighted by Gasteiger charge is -2.27. The topological polar surface area (TPSA) is 85.2 Å². The third-order valence-corrected chi connectivity index (χ3v) is 5.66. The fraction of sp³-hybridized carbons (Fsp3) is 0.304. The summed E-state index contributed by atoms with van der Waals surface area (Å²) in [6.07, 6.45) is 3.58. The molecule has 0 atom stereocenters. The summed E-state index contributed by atoms with van der Waals surface area (Å²) in [5, 5.41) is 9.60. The highest BCUT2D eigenvalue weighted by Gasteiger charge is 2.22. The number of anilines is 2. The van der Waals surface area contributed by atoms with Crippen LogP contribution >= 0.6 is 0 Å². The number of para-hydroxylation sites is 1. The molecule has 1 aliphatic heterocycles. The molecule has 158 valence electrons. The van der Waals surface area contributed by atoms with Crippen LogP contribution in [0.2, 0.25) is 0 Å². The zero-order chi connectivity index (χ0) is 21.4. The third kappa shape index (κ3) is 3.59. The number of hydrogen-bond donors (Lipinski definition) is 1. The number of aromatic nitrogens is 4. The zero-order valence-electron chi connectivity index (χ0n) is 17.6. The van der Waals surface area contributed by atoms with Crippen LogP contribution in [0.5, 0.6) is 0 Å². The van der Waals surface area contributed by atoms with E-state index in [2.05, 4.69) is 20.4 Å². The summed E-state index contributed by atoms with van der Waals surface area (Å²) in [7, 11) is 0. The summed E-state index contributed by atoms with van der Waals surface area (Å²) >= 11 is 0. The monoisotopic (exact) mass is 416 g/mol. The molecule has 1 fully saturated rings. The molecule has 1 aliphatic rings. The molecule has 0 saturated carbocycles. The van der Waals surface area contributed by atoms with Crippen LogP contribution in [-0.4, -0.2) is 56.9 Å². The van der Waals surface area contributed by atoms with Gasteiger partial charge in [-0.25, -0.2) is 9.97 Å². The fourth-order valence-corrected chi connectivity index (χ4v) is 4.01. The molecule has 0 bridgehead atoms. The number of nitrogens with one attached hydrogen (secondary N) is 1. The molecule has 1 saturated heterocycles. The Balaban J connectivity index is 1.57. The number of benzene rings is 2. The molecule has 5 rings (SSSR count). The van der Waals surface area contributed by atoms with E-state index in [1.165, 1.54) is 0 Å². The number of morpholine rings is 1. The summed E-state index contributed by atoms with van der Waals surface area (Å²) in [6, 6.07) is 9.89. The van der Waals surface area contributed by atoms with Crippen LogP contribution in [0.25, 0.3) is 21.8 Å². The average Bonchev–Trinajstić information content (AvgIpc) is 3.22. The molecular weight excluding hydrogens is 392 g/mol. The smallest absolute Gasteiger partial charge is 0.254 e. The number of carbonyl (C=O) groups is 1. The van der Waals surface area contributed by atoms with Crippen molar-refractivity contribution < 1.29 is 9.53 Å². The van der Waals surface area contributed by atoms with Crippen molar-refractivity contribution in [3.63, 3.8) is 0 Å². The van der Waals surface area contributed by atoms with E-state index in [9.17, 15) is 4.79 Å². The van der Waals surface area contributed by atoms with E-state index in [0.29, 0.717) is 44.4 Å². The van der Waals surface area contributed by atoms with E-state index in [1.807, 2.05) is 60.0 Å². The summed E-state index contributed by atoms with van der Waals surface area (Å²) in [5.74, 6) is 0.483. The van der Waals surface area contributed by atoms with Crippen molar-refractivity contribution in [3.8, 4) is 0 Å². The highest BCUT2D eigenvalue weighted by molar-refractivity contribution is 6.07. The molecule has 0 unspecified atom stereocenters. The van der Waals surface area contributed by atoms with Gasteiger partial charge in [-0.3, -0.25) is 9.48 Å². The maximum Gasteiger partial charge on any atom is 0.254 e. The minimum absolute atomic E-state index is 0.0112. The van der Waals surface area contributed by atoms with E-state index in [0.717, 1.165) is 33.1 Å². The number of nitrogens with zero attached hydrogens (tertiary/aromatic N) is 5. The SMILES string of the molecule is CCn1ncc2c(C(=O)N3CCOCC3)cc(Nc3ncc4cccc(C)c4n3)cc21. The first kappa shape index (κ1) is 19.4. The summed E-state index contributed by atoms with van der Waals surface area (Å²) in [4.78, 5) is 24.3. The van der Waals surface area contributed by atoms with Crippen LogP contribution in [0.4, 0.5) is 11.6 Å². The van der Waals surface area contributed by atoms with Crippen molar-refractivity contribution in [2.24, 2.45) is 0 Å². The van der Waals surface area contributed by atoms with Gasteiger partial charge in [0.05, 0.1) is 36.0 Å². The first-order valence-corrected chi connectivity index (χ1v) is 10.5. The summed E-state index contributed by atoms with van der Waals surface area (Å²) in [5.41, 5.74) is 4.28. The summed E-state index contributed by atoms with van der Waals surface area (Å²) in [6.45, 7) is 7.08. The number of rotatable bonds is 4. The lowest BCUT2D eigenvalue weighted by Crippen LogP contribution is -2.40. The normalized spacial score (nSPS) is 14.3. The zero-order valence-corrected chi connectivity index (χ0v) is 17.6. The predicted octanol–water partition coefficient (Wildman–Crippen LogP) is 3.52. The van der Waals surface area contributed by atoms with Gasteiger partial charge in [0.1, 0.15) is 0 Å². The molecule has 4 aromatic rings. The first-order valence-electron chi connectivity index (χ1n) is 10.5. The maximum absolute atomic E-state index is 13.3. The molecule has 0 spiro atoms. The average molecular weight is 416 g/mol. The predicted molar refractivity (Wildman–Crippen MR) is 120 cm³/mol. The Morgan fingerprint density at radius 2 is 2.03 bits per heavy atom. The molecule has 31 heavy (non-hydrogen) atoms. The standard InChI is InChI=1S/C23H24N6O2/c1-3-29-20-12-17(26-23-24-13-16-6-4-5-15(2)21(16)27-23)11-18(19(20)14-25-29)22(30)28-7-9-31-10-8-28/h4-6,11-14H,3,7-10H2,1-2H3,(H,24,26,27). The Bertz CT molecular complexity index is 1280. The van der Waals surface area contributed by atoms with Crippen LogP contribution in [0.3, 0.4) is 0 Å². The van der Waals surface area contributed by atoms with Gasteiger partial charge in [0.2, 0.25) is 5.95 Å². The van der Waals surface area contributed by atoms with Gasteiger partial charge >= 0.3 is 0 Å². The van der Waals surface area contributed by atoms with Gasteiger partial charge in [0, 0.05) is 42.3 Å². The molecule has 1 amide bonds. The maximum atomic E-state index is 13.3. The molecule has 0 radical (unpaired) electrons. The highest BCUT2D eigenvalue weighted by Crippen LogP contribution is 2.28. The molecule has 3 heterocycles. The number of carbonyl (C=O) groups excluding carboxylic acids is 1. The molecular formula is C23H24N6O2. The van der Waals surface area contributed by atoms with Gasteiger partial charge in [-0.2, -0.15) is 5.10 Å². The van der Waals surface area contributed by atoms with Gasteiger partial charge < -0.3 is 15.0 Å². The second kappa shape index (κ2) is 7.96. The second-order valence-corrected chi connectivity index (χ2v) is 7.65. The van der Waals surface area contributed by atoms with E-state index < -0.39 is 0 Å². The Labute approximate surface area is 179 Å². The van der Waals surface area contributed by atoms with Crippen LogP contribution in [-0.2, 0) is 11.3 Å². The van der Waals surface area contributed by atoms with Crippen molar-refractivity contribution in [1.29, 1.82) is 0 Å². The van der Waals surface area contributed by atoms with Crippen molar-refractivity contribution in [2.75, 3.05) is 31.6 Å². The van der Waals surface area contributed by atoms with E-state index in [1.54, 1.807) is 6.20 Å². The molecule has 2 aromatic heterocycles. The minimum atomic E-state index is -0.0112. The van der Waals surface area contributed by atoms with E-state index >= 15 is 0 Å². The van der Waals surface area contributed by atoms with Gasteiger partial charge in [-0.05, 0) is 31.5 Å². The Kier molecular flexibility index (Phi) is 4.99. The van der Waals surface area contributed by atoms with E-state index in [-0.39, 0.29) is 5.91 Å². The van der Waals surface area contributed by atoms with E-state index in [4.69, 9.17) is 4.74 Å². The van der Waals surface area contributed by atoms with Gasteiger partial charge in [-0.15, -0.1) is 0 Å². The van der Waals surface area contributed by atoms with Gasteiger partial charge in [0.25, 0.3) is 5.91 Å². The molecule has 8 heteroatoms. The van der Waals surface area contributed by atoms with Crippen LogP contribution in [0.1, 0.15) is 22.8 Å². The van der Waals surface area contributed by atoms with Gasteiger partial charge in [0.15, 0.2) is 0 Å². The van der Waals surface area contributed by atoms with Crippen LogP contribution in [0, 0.1) is 6.92 Å². The lowest BCUT2D eigenvalue weighted by atomic mass is 10.1. The van der Waals surface area contributed by atoms with Gasteiger partial charge in [-0.1, -0.05) is 18.2 Å². The molecule has 2 aromatic carbocycles. The number of aryl methyl sites for hydroxylation is 2. The number of amides is 1. The number of ether oxygens (including phenoxy) is 1. The Morgan fingerprint density at radius 1 is 1.19 bits per heavy atom. The first-order chi connectivity index (χ1) is 15.1. The molecule has 0 aliphatic carbocycles. The third-order valence-electron chi connectivity index (χ3n) is 5.66. The molecule has 8 nitrogen and oxygen atoms in total. The molecule has 1 N–H and O–H groups in total. The Morgan fingerprint density at radius 3 is 2.84 bits per heavy atom. The van der Waals surface area contributed by atoms with Crippen molar-refractivity contribution in [2.45, 2.75) is 20.4 Å². The Hall–Kier alpha value is -3.52. The van der Waals surface area contributed by atoms with Crippen molar-refractivity contribution >= 4 is 39.3 Å². The lowest BCUT2D eigenvalue weighted by molar-refractivity contribution is 0.0304. The fourth-order valence-electron chi connectivity index (χ4n) is 4.01. The second-order valence-electron chi connectivity index (χ2n) is 7.65. The minimum Gasteiger partial charge on any atom is -0.378 e. The van der Waals surface area contributed by atoms with Crippen LogP contribution in [0.15, 0.2) is 42.7 Å². The number of fused-ring (bicyclic) bond motifs is 2. The highest BCUT2D eigenvalue weighted by atomic mass is 16.5. The number of hydrogen-bond acceptors (Lipinski definition) is 6.